The van der Waals surface area contributed by atoms with Crippen molar-refractivity contribution >= 4 is 15.9 Å². The highest BCUT2D eigenvalue weighted by atomic mass is 79.9. The molecule has 2 atom stereocenters. The van der Waals surface area contributed by atoms with Gasteiger partial charge in [-0.3, -0.25) is 4.90 Å². The monoisotopic (exact) mass is 326 g/mol. The Morgan fingerprint density at radius 3 is 2.89 bits per heavy atom. The molecule has 1 aromatic carbocycles. The standard InChI is InChI=1S/C15H23BrN2O/c1-3-7-18-8-6-11(10-17)15(18)13-9-12(16)4-5-14(13)19-2/h4-5,9,11,15H,3,6-8,10,17H2,1-2H3. The summed E-state index contributed by atoms with van der Waals surface area (Å²) in [5.41, 5.74) is 7.23. The second-order valence-corrected chi connectivity index (χ2v) is 6.07. The number of ether oxygens (including phenoxy) is 1. The predicted molar refractivity (Wildman–Crippen MR) is 82.5 cm³/mol. The minimum absolute atomic E-state index is 0.386. The topological polar surface area (TPSA) is 38.5 Å². The largest absolute Gasteiger partial charge is 0.496 e. The average Bonchev–Trinajstić information content (AvgIpc) is 2.82. The zero-order chi connectivity index (χ0) is 13.8. The van der Waals surface area contributed by atoms with Crippen molar-refractivity contribution in [2.45, 2.75) is 25.8 Å². The molecular formula is C15H23BrN2O. The molecule has 1 aromatic rings. The average molecular weight is 327 g/mol. The van der Waals surface area contributed by atoms with Gasteiger partial charge in [-0.25, -0.2) is 0 Å². The number of hydrogen-bond donors (Lipinski definition) is 1. The Morgan fingerprint density at radius 2 is 2.26 bits per heavy atom. The summed E-state index contributed by atoms with van der Waals surface area (Å²) in [6.07, 6.45) is 2.35. The lowest BCUT2D eigenvalue weighted by Gasteiger charge is -2.29. The zero-order valence-corrected chi connectivity index (χ0v) is 13.3. The number of halogens is 1. The van der Waals surface area contributed by atoms with Crippen LogP contribution >= 0.6 is 15.9 Å². The van der Waals surface area contributed by atoms with Gasteiger partial charge in [0.1, 0.15) is 5.75 Å². The molecule has 2 unspecified atom stereocenters. The van der Waals surface area contributed by atoms with Gasteiger partial charge in [0.15, 0.2) is 0 Å². The van der Waals surface area contributed by atoms with Crippen molar-refractivity contribution in [2.75, 3.05) is 26.7 Å². The first-order chi connectivity index (χ1) is 9.21. The van der Waals surface area contributed by atoms with E-state index in [0.29, 0.717) is 12.0 Å². The van der Waals surface area contributed by atoms with E-state index >= 15 is 0 Å². The van der Waals surface area contributed by atoms with Crippen molar-refractivity contribution in [3.05, 3.63) is 28.2 Å². The second kappa shape index (κ2) is 6.73. The van der Waals surface area contributed by atoms with Gasteiger partial charge in [0.2, 0.25) is 0 Å². The van der Waals surface area contributed by atoms with Crippen LogP contribution in [0.5, 0.6) is 5.75 Å². The van der Waals surface area contributed by atoms with Crippen molar-refractivity contribution in [1.82, 2.24) is 4.90 Å². The van der Waals surface area contributed by atoms with Gasteiger partial charge in [-0.05, 0) is 56.6 Å². The van der Waals surface area contributed by atoms with Gasteiger partial charge in [0, 0.05) is 16.1 Å². The SMILES string of the molecule is CCCN1CCC(CN)C1c1cc(Br)ccc1OC. The summed E-state index contributed by atoms with van der Waals surface area (Å²) in [7, 11) is 1.74. The van der Waals surface area contributed by atoms with Crippen LogP contribution in [-0.2, 0) is 0 Å². The molecule has 1 saturated heterocycles. The fraction of sp³-hybridized carbons (Fsp3) is 0.600. The predicted octanol–water partition coefficient (Wildman–Crippen LogP) is 3.19. The fourth-order valence-electron chi connectivity index (χ4n) is 3.10. The molecular weight excluding hydrogens is 304 g/mol. The van der Waals surface area contributed by atoms with E-state index in [1.165, 1.54) is 18.4 Å². The fourth-order valence-corrected chi connectivity index (χ4v) is 3.48. The van der Waals surface area contributed by atoms with Gasteiger partial charge in [-0.2, -0.15) is 0 Å². The van der Waals surface area contributed by atoms with Crippen molar-refractivity contribution in [3.63, 3.8) is 0 Å². The summed E-state index contributed by atoms with van der Waals surface area (Å²) in [5, 5.41) is 0. The molecule has 2 N–H and O–H groups in total. The van der Waals surface area contributed by atoms with Crippen LogP contribution in [0.25, 0.3) is 0 Å². The molecule has 0 saturated carbocycles. The van der Waals surface area contributed by atoms with Crippen LogP contribution in [0.4, 0.5) is 0 Å². The van der Waals surface area contributed by atoms with E-state index in [2.05, 4.69) is 33.8 Å². The highest BCUT2D eigenvalue weighted by molar-refractivity contribution is 9.10. The van der Waals surface area contributed by atoms with Crippen LogP contribution in [0.15, 0.2) is 22.7 Å². The number of benzene rings is 1. The molecule has 1 aliphatic heterocycles. The Bertz CT molecular complexity index is 425. The molecule has 0 bridgehead atoms. The number of nitrogens with two attached hydrogens (primary N) is 1. The minimum Gasteiger partial charge on any atom is -0.496 e. The van der Waals surface area contributed by atoms with Crippen molar-refractivity contribution < 1.29 is 4.74 Å². The van der Waals surface area contributed by atoms with Gasteiger partial charge < -0.3 is 10.5 Å². The third kappa shape index (κ3) is 3.12. The summed E-state index contributed by atoms with van der Waals surface area (Å²) >= 11 is 3.57. The maximum Gasteiger partial charge on any atom is 0.123 e. The highest BCUT2D eigenvalue weighted by Crippen LogP contribution is 2.41. The Balaban J connectivity index is 2.37. The second-order valence-electron chi connectivity index (χ2n) is 5.15. The smallest absolute Gasteiger partial charge is 0.123 e. The first kappa shape index (κ1) is 14.8. The molecule has 0 amide bonds. The van der Waals surface area contributed by atoms with Crippen LogP contribution in [-0.4, -0.2) is 31.6 Å². The lowest BCUT2D eigenvalue weighted by Crippen LogP contribution is -2.29. The van der Waals surface area contributed by atoms with E-state index in [-0.39, 0.29) is 0 Å². The Labute approximate surface area is 124 Å². The molecule has 19 heavy (non-hydrogen) atoms. The lowest BCUT2D eigenvalue weighted by molar-refractivity contribution is 0.225. The zero-order valence-electron chi connectivity index (χ0n) is 11.7. The molecule has 1 heterocycles. The molecule has 3 nitrogen and oxygen atoms in total. The Kier molecular flexibility index (Phi) is 5.25. The maximum absolute atomic E-state index is 5.97. The van der Waals surface area contributed by atoms with Crippen LogP contribution in [0.1, 0.15) is 31.4 Å². The van der Waals surface area contributed by atoms with Crippen molar-refractivity contribution in [1.29, 1.82) is 0 Å². The van der Waals surface area contributed by atoms with E-state index in [4.69, 9.17) is 10.5 Å². The van der Waals surface area contributed by atoms with Gasteiger partial charge in [0.05, 0.1) is 7.11 Å². The molecule has 0 aliphatic carbocycles. The molecule has 106 valence electrons. The van der Waals surface area contributed by atoms with E-state index in [1.54, 1.807) is 7.11 Å². The van der Waals surface area contributed by atoms with Crippen molar-refractivity contribution in [2.24, 2.45) is 11.7 Å². The van der Waals surface area contributed by atoms with Crippen LogP contribution in [0.2, 0.25) is 0 Å². The van der Waals surface area contributed by atoms with Gasteiger partial charge in [-0.15, -0.1) is 0 Å². The lowest BCUT2D eigenvalue weighted by atomic mass is 9.93. The van der Waals surface area contributed by atoms with E-state index in [9.17, 15) is 0 Å². The molecule has 0 spiro atoms. The van der Waals surface area contributed by atoms with Crippen LogP contribution < -0.4 is 10.5 Å². The number of rotatable bonds is 5. The summed E-state index contributed by atoms with van der Waals surface area (Å²) < 4.78 is 6.64. The first-order valence-corrected chi connectivity index (χ1v) is 7.78. The summed E-state index contributed by atoms with van der Waals surface area (Å²) in [5.74, 6) is 1.49. The normalized spacial score (nSPS) is 23.8. The quantitative estimate of drug-likeness (QED) is 0.903. The van der Waals surface area contributed by atoms with Crippen LogP contribution in [0.3, 0.4) is 0 Å². The molecule has 1 aliphatic rings. The maximum atomic E-state index is 5.97. The van der Waals surface area contributed by atoms with E-state index < -0.39 is 0 Å². The molecule has 0 aromatic heterocycles. The number of hydrogen-bond acceptors (Lipinski definition) is 3. The summed E-state index contributed by atoms with van der Waals surface area (Å²) in [4.78, 5) is 2.54. The summed E-state index contributed by atoms with van der Waals surface area (Å²) in [6.45, 7) is 5.22. The van der Waals surface area contributed by atoms with Crippen molar-refractivity contribution in [3.8, 4) is 5.75 Å². The van der Waals surface area contributed by atoms with Crippen LogP contribution in [0, 0.1) is 5.92 Å². The molecule has 0 radical (unpaired) electrons. The molecule has 4 heteroatoms. The van der Waals surface area contributed by atoms with Gasteiger partial charge in [0.25, 0.3) is 0 Å². The van der Waals surface area contributed by atoms with E-state index in [1.807, 2.05) is 12.1 Å². The Morgan fingerprint density at radius 1 is 1.47 bits per heavy atom. The molecule has 2 rings (SSSR count). The third-order valence-electron chi connectivity index (χ3n) is 3.95. The minimum atomic E-state index is 0.386. The van der Waals surface area contributed by atoms with Gasteiger partial charge in [-0.1, -0.05) is 22.9 Å². The number of nitrogens with zero attached hydrogens (tertiary/aromatic N) is 1. The first-order valence-electron chi connectivity index (χ1n) is 6.98. The summed E-state index contributed by atoms with van der Waals surface area (Å²) in [6, 6.07) is 6.63. The number of methoxy groups -OCH3 is 1. The number of likely N-dealkylation sites (tertiary alicyclic amines) is 1. The third-order valence-corrected chi connectivity index (χ3v) is 4.44. The van der Waals surface area contributed by atoms with E-state index in [0.717, 1.165) is 29.9 Å². The molecule has 1 fully saturated rings. The highest BCUT2D eigenvalue weighted by Gasteiger charge is 2.35. The Hall–Kier alpha value is -0.580. The van der Waals surface area contributed by atoms with Gasteiger partial charge >= 0.3 is 0 Å².